The number of carboxylic acid groups (broad SMARTS) is 1. The number of halogens is 1. The lowest BCUT2D eigenvalue weighted by Crippen LogP contribution is -2.56. The number of hydrogen-bond acceptors (Lipinski definition) is 3. The van der Waals surface area contributed by atoms with E-state index in [0.717, 1.165) is 5.56 Å². The van der Waals surface area contributed by atoms with Crippen molar-refractivity contribution in [2.24, 2.45) is 0 Å². The molecule has 0 saturated heterocycles. The van der Waals surface area contributed by atoms with Crippen LogP contribution in [0.2, 0.25) is 0 Å². The summed E-state index contributed by atoms with van der Waals surface area (Å²) in [5, 5.41) is 11.9. The molecule has 0 unspecified atom stereocenters. The molecule has 2 rings (SSSR count). The Kier molecular flexibility index (Phi) is 3.65. The van der Waals surface area contributed by atoms with Crippen molar-refractivity contribution in [3.63, 3.8) is 0 Å². The molecule has 0 radical (unpaired) electrons. The molecule has 5 nitrogen and oxygen atoms in total. The normalized spacial score (nSPS) is 20.8. The van der Waals surface area contributed by atoms with Gasteiger partial charge < -0.3 is 15.2 Å². The van der Waals surface area contributed by atoms with Crippen molar-refractivity contribution in [1.82, 2.24) is 5.32 Å². The van der Waals surface area contributed by atoms with Gasteiger partial charge in [0, 0.05) is 12.8 Å². The van der Waals surface area contributed by atoms with Crippen molar-refractivity contribution in [3.05, 3.63) is 35.1 Å². The van der Waals surface area contributed by atoms with Crippen molar-refractivity contribution in [2.45, 2.75) is 44.8 Å². The Morgan fingerprint density at radius 2 is 1.90 bits per heavy atom. The van der Waals surface area contributed by atoms with Crippen LogP contribution in [0.3, 0.4) is 0 Å². The van der Waals surface area contributed by atoms with Gasteiger partial charge in [0.1, 0.15) is 17.0 Å². The van der Waals surface area contributed by atoms with Crippen LogP contribution in [0.4, 0.5) is 9.18 Å². The van der Waals surface area contributed by atoms with E-state index in [1.165, 1.54) is 12.1 Å². The highest BCUT2D eigenvalue weighted by molar-refractivity contribution is 5.86. The highest BCUT2D eigenvalue weighted by atomic mass is 19.1. The van der Waals surface area contributed by atoms with Crippen LogP contribution in [0.1, 0.15) is 31.9 Å². The van der Waals surface area contributed by atoms with Crippen LogP contribution in [0.5, 0.6) is 0 Å². The summed E-state index contributed by atoms with van der Waals surface area (Å²) in [4.78, 5) is 23.5. The van der Waals surface area contributed by atoms with Crippen LogP contribution in [-0.4, -0.2) is 28.3 Å². The van der Waals surface area contributed by atoms with Gasteiger partial charge in [-0.25, -0.2) is 14.0 Å². The van der Waals surface area contributed by atoms with Crippen LogP contribution in [0.25, 0.3) is 0 Å². The Hall–Kier alpha value is -2.11. The zero-order valence-electron chi connectivity index (χ0n) is 12.2. The minimum absolute atomic E-state index is 0.0364. The van der Waals surface area contributed by atoms with Crippen molar-refractivity contribution >= 4 is 12.1 Å². The second-order valence-corrected chi connectivity index (χ2v) is 6.28. The van der Waals surface area contributed by atoms with E-state index in [1.807, 2.05) is 0 Å². The predicted molar refractivity (Wildman–Crippen MR) is 73.5 cm³/mol. The summed E-state index contributed by atoms with van der Waals surface area (Å²) in [5.41, 5.74) is -0.900. The Morgan fingerprint density at radius 1 is 1.29 bits per heavy atom. The molecule has 2 N–H and O–H groups in total. The van der Waals surface area contributed by atoms with Crippen molar-refractivity contribution in [3.8, 4) is 0 Å². The average Bonchev–Trinajstić information content (AvgIpc) is 2.64. The topological polar surface area (TPSA) is 75.6 Å². The highest BCUT2D eigenvalue weighted by Gasteiger charge is 2.46. The summed E-state index contributed by atoms with van der Waals surface area (Å²) in [6.45, 7) is 5.08. The lowest BCUT2D eigenvalue weighted by Gasteiger charge is -2.28. The fourth-order valence-corrected chi connectivity index (χ4v) is 2.44. The lowest BCUT2D eigenvalue weighted by molar-refractivity contribution is -0.144. The second kappa shape index (κ2) is 5.02. The molecule has 21 heavy (non-hydrogen) atoms. The first-order valence-corrected chi connectivity index (χ1v) is 6.63. The van der Waals surface area contributed by atoms with E-state index >= 15 is 0 Å². The molecule has 0 aromatic heterocycles. The fraction of sp³-hybridized carbons (Fsp3) is 0.467. The van der Waals surface area contributed by atoms with Gasteiger partial charge in [-0.15, -0.1) is 0 Å². The fourth-order valence-electron chi connectivity index (χ4n) is 2.44. The first-order valence-electron chi connectivity index (χ1n) is 6.63. The minimum atomic E-state index is -1.49. The van der Waals surface area contributed by atoms with Gasteiger partial charge in [0.15, 0.2) is 0 Å². The van der Waals surface area contributed by atoms with Gasteiger partial charge >= 0.3 is 12.1 Å². The van der Waals surface area contributed by atoms with Crippen molar-refractivity contribution < 1.29 is 23.8 Å². The SMILES string of the molecule is CC(C)(C)OC(=O)N[C@]1(C(=O)O)Cc2ccc(F)cc2C1. The molecular weight excluding hydrogens is 277 g/mol. The zero-order chi connectivity index (χ0) is 15.8. The Labute approximate surface area is 122 Å². The van der Waals surface area contributed by atoms with Gasteiger partial charge in [-0.3, -0.25) is 0 Å². The number of rotatable bonds is 2. The molecule has 0 heterocycles. The quantitative estimate of drug-likeness (QED) is 0.877. The third-order valence-electron chi connectivity index (χ3n) is 3.30. The number of ether oxygens (including phenoxy) is 1. The number of nitrogens with one attached hydrogen (secondary N) is 1. The zero-order valence-corrected chi connectivity index (χ0v) is 12.2. The first kappa shape index (κ1) is 15.3. The summed E-state index contributed by atoms with van der Waals surface area (Å²) in [6, 6.07) is 4.13. The molecule has 1 aromatic rings. The van der Waals surface area contributed by atoms with E-state index < -0.39 is 29.0 Å². The number of aliphatic carboxylic acids is 1. The van der Waals surface area contributed by atoms with Gasteiger partial charge in [-0.1, -0.05) is 6.07 Å². The van der Waals surface area contributed by atoms with E-state index in [2.05, 4.69) is 5.32 Å². The molecule has 0 fully saturated rings. The molecule has 0 aliphatic heterocycles. The van der Waals surface area contributed by atoms with Gasteiger partial charge in [0.05, 0.1) is 0 Å². The molecule has 1 atom stereocenters. The summed E-state index contributed by atoms with van der Waals surface area (Å²) >= 11 is 0. The number of carbonyl (C=O) groups excluding carboxylic acids is 1. The molecular formula is C15H18FNO4. The summed E-state index contributed by atoms with van der Waals surface area (Å²) in [5.74, 6) is -1.59. The summed E-state index contributed by atoms with van der Waals surface area (Å²) in [6.07, 6.45) is -0.649. The lowest BCUT2D eigenvalue weighted by atomic mass is 9.96. The smallest absolute Gasteiger partial charge is 0.408 e. The summed E-state index contributed by atoms with van der Waals surface area (Å²) < 4.78 is 18.4. The second-order valence-electron chi connectivity index (χ2n) is 6.28. The van der Waals surface area contributed by atoms with E-state index in [4.69, 9.17) is 4.74 Å². The first-order chi connectivity index (χ1) is 9.61. The number of hydrogen-bond donors (Lipinski definition) is 2. The molecule has 1 aromatic carbocycles. The van der Waals surface area contributed by atoms with Gasteiger partial charge in [0.2, 0.25) is 0 Å². The van der Waals surface area contributed by atoms with Crippen molar-refractivity contribution in [2.75, 3.05) is 0 Å². The predicted octanol–water partition coefficient (Wildman–Crippen LogP) is 2.27. The van der Waals surface area contributed by atoms with Crippen molar-refractivity contribution in [1.29, 1.82) is 0 Å². The van der Waals surface area contributed by atoms with Gasteiger partial charge in [-0.05, 0) is 44.0 Å². The molecule has 0 spiro atoms. The maximum atomic E-state index is 13.2. The van der Waals surface area contributed by atoms with E-state index in [0.29, 0.717) is 5.56 Å². The Morgan fingerprint density at radius 3 is 2.48 bits per heavy atom. The average molecular weight is 295 g/mol. The number of alkyl carbamates (subject to hydrolysis) is 1. The Bertz CT molecular complexity index is 594. The van der Waals surface area contributed by atoms with Crippen LogP contribution < -0.4 is 5.32 Å². The molecule has 6 heteroatoms. The van der Waals surface area contributed by atoms with Gasteiger partial charge in [0.25, 0.3) is 0 Å². The minimum Gasteiger partial charge on any atom is -0.479 e. The number of fused-ring (bicyclic) bond motifs is 1. The highest BCUT2D eigenvalue weighted by Crippen LogP contribution is 2.31. The van der Waals surface area contributed by atoms with Crippen LogP contribution in [-0.2, 0) is 22.4 Å². The van der Waals surface area contributed by atoms with E-state index in [-0.39, 0.29) is 12.8 Å². The molecule has 0 saturated carbocycles. The summed E-state index contributed by atoms with van der Waals surface area (Å²) in [7, 11) is 0. The molecule has 0 bridgehead atoms. The van der Waals surface area contributed by atoms with Crippen LogP contribution >= 0.6 is 0 Å². The number of carboxylic acids is 1. The molecule has 1 amide bonds. The number of amides is 1. The van der Waals surface area contributed by atoms with E-state index in [1.54, 1.807) is 26.8 Å². The van der Waals surface area contributed by atoms with E-state index in [9.17, 15) is 19.1 Å². The van der Waals surface area contributed by atoms with Crippen LogP contribution in [0.15, 0.2) is 18.2 Å². The maximum Gasteiger partial charge on any atom is 0.408 e. The maximum absolute atomic E-state index is 13.2. The Balaban J connectivity index is 2.22. The van der Waals surface area contributed by atoms with Crippen LogP contribution in [0, 0.1) is 5.82 Å². The van der Waals surface area contributed by atoms with Gasteiger partial charge in [-0.2, -0.15) is 0 Å². The standard InChI is InChI=1S/C15H18FNO4/c1-14(2,3)21-13(20)17-15(12(18)19)7-9-4-5-11(16)6-10(9)8-15/h4-6H,7-8H2,1-3H3,(H,17,20)(H,18,19)/t15-/m1/s1. The molecule has 1 aliphatic rings. The third-order valence-corrected chi connectivity index (χ3v) is 3.30. The number of carbonyl (C=O) groups is 2. The number of benzene rings is 1. The third kappa shape index (κ3) is 3.32. The molecule has 1 aliphatic carbocycles. The monoisotopic (exact) mass is 295 g/mol. The molecule has 114 valence electrons. The largest absolute Gasteiger partial charge is 0.479 e.